The number of fused-ring (bicyclic) bond motifs is 3. The van der Waals surface area contributed by atoms with E-state index in [0.717, 1.165) is 16.9 Å². The minimum atomic E-state index is -0.679. The summed E-state index contributed by atoms with van der Waals surface area (Å²) in [5.74, 6) is 1.20. The number of rotatable bonds is 8. The molecule has 0 saturated heterocycles. The van der Waals surface area contributed by atoms with E-state index in [0.29, 0.717) is 5.75 Å². The number of alkyl carbamates (subject to hydrolysis) is 1. The highest BCUT2D eigenvalue weighted by atomic mass is 32.2. The van der Waals surface area contributed by atoms with Crippen molar-refractivity contribution in [1.29, 1.82) is 0 Å². The molecule has 0 aliphatic heterocycles. The number of nitrogens with one attached hydrogen (secondary N) is 1. The number of carbonyl (C=O) groups is 1. The van der Waals surface area contributed by atoms with E-state index in [1.165, 1.54) is 22.8 Å². The summed E-state index contributed by atoms with van der Waals surface area (Å²) >= 11 is 1.58. The van der Waals surface area contributed by atoms with Crippen molar-refractivity contribution in [3.8, 4) is 11.1 Å². The second-order valence-electron chi connectivity index (χ2n) is 7.21. The van der Waals surface area contributed by atoms with Crippen molar-refractivity contribution in [1.82, 2.24) is 5.32 Å². The van der Waals surface area contributed by atoms with Crippen LogP contribution in [0.3, 0.4) is 0 Å². The average Bonchev–Trinajstić information content (AvgIpc) is 3.12. The molecule has 0 unspecified atom stereocenters. The lowest BCUT2D eigenvalue weighted by atomic mass is 9.98. The van der Waals surface area contributed by atoms with Crippen molar-refractivity contribution >= 4 is 23.9 Å². The van der Waals surface area contributed by atoms with Crippen LogP contribution in [0.2, 0.25) is 0 Å². The lowest BCUT2D eigenvalue weighted by molar-refractivity contribution is 0.140. The molecule has 0 spiro atoms. The first-order valence-electron chi connectivity index (χ1n) is 10.1. The van der Waals surface area contributed by atoms with Crippen LogP contribution in [0, 0.1) is 0 Å². The van der Waals surface area contributed by atoms with Gasteiger partial charge in [-0.3, -0.25) is 5.32 Å². The average molecular weight is 431 g/mol. The number of carbonyl (C=O) groups excluding carboxylic acids is 2. The molecule has 0 bridgehead atoms. The van der Waals surface area contributed by atoms with Gasteiger partial charge in [0.25, 0.3) is 0 Å². The number of ether oxygens (including phenoxy) is 1. The van der Waals surface area contributed by atoms with Crippen LogP contribution in [-0.4, -0.2) is 30.7 Å². The summed E-state index contributed by atoms with van der Waals surface area (Å²) in [6, 6.07) is 26.3. The zero-order valence-electron chi connectivity index (χ0n) is 16.9. The number of thioether (sulfide) groups is 1. The van der Waals surface area contributed by atoms with Crippen LogP contribution in [0.25, 0.3) is 11.1 Å². The topological polar surface area (TPSA) is 67.8 Å². The van der Waals surface area contributed by atoms with Gasteiger partial charge in [0.1, 0.15) is 12.8 Å². The summed E-state index contributed by atoms with van der Waals surface area (Å²) in [4.78, 5) is 26.9. The van der Waals surface area contributed by atoms with E-state index < -0.39 is 12.3 Å². The van der Waals surface area contributed by atoms with Gasteiger partial charge in [-0.1, -0.05) is 78.9 Å². The largest absolute Gasteiger partial charge is 0.449 e. The lowest BCUT2D eigenvalue weighted by Crippen LogP contribution is -2.36. The molecular weight excluding hydrogens is 408 g/mol. The Hall–Kier alpha value is -3.34. The van der Waals surface area contributed by atoms with Crippen molar-refractivity contribution in [2.24, 2.45) is 4.99 Å². The maximum atomic E-state index is 12.4. The van der Waals surface area contributed by atoms with Gasteiger partial charge in [-0.15, -0.1) is 0 Å². The Balaban J connectivity index is 1.34. The predicted molar refractivity (Wildman–Crippen MR) is 123 cm³/mol. The third-order valence-corrected chi connectivity index (χ3v) is 6.31. The minimum absolute atomic E-state index is 0.0152. The molecule has 0 fully saturated rings. The zero-order chi connectivity index (χ0) is 21.5. The number of nitrogens with zero attached hydrogens (tertiary/aromatic N) is 1. The summed E-state index contributed by atoms with van der Waals surface area (Å²) < 4.78 is 5.53. The van der Waals surface area contributed by atoms with Crippen LogP contribution < -0.4 is 5.32 Å². The molecule has 5 nitrogen and oxygen atoms in total. The summed E-state index contributed by atoms with van der Waals surface area (Å²) in [5, 5.41) is 2.66. The lowest BCUT2D eigenvalue weighted by Gasteiger charge is -2.16. The molecule has 0 heterocycles. The predicted octanol–water partition coefficient (Wildman–Crippen LogP) is 5.12. The molecule has 4 rings (SSSR count). The van der Waals surface area contributed by atoms with Crippen molar-refractivity contribution < 1.29 is 14.3 Å². The molecule has 1 aliphatic carbocycles. The molecule has 0 radical (unpaired) electrons. The highest BCUT2D eigenvalue weighted by Crippen LogP contribution is 2.44. The third kappa shape index (κ3) is 5.05. The van der Waals surface area contributed by atoms with Gasteiger partial charge < -0.3 is 4.74 Å². The van der Waals surface area contributed by atoms with E-state index in [-0.39, 0.29) is 12.5 Å². The molecule has 3 aromatic carbocycles. The molecule has 1 amide bonds. The van der Waals surface area contributed by atoms with Crippen LogP contribution in [0.4, 0.5) is 4.79 Å². The Morgan fingerprint density at radius 2 is 1.58 bits per heavy atom. The van der Waals surface area contributed by atoms with Crippen molar-refractivity contribution in [2.45, 2.75) is 17.8 Å². The first-order chi connectivity index (χ1) is 15.3. The first-order valence-corrected chi connectivity index (χ1v) is 11.2. The highest BCUT2D eigenvalue weighted by Gasteiger charge is 2.29. The van der Waals surface area contributed by atoms with Gasteiger partial charge in [0.2, 0.25) is 6.08 Å². The van der Waals surface area contributed by atoms with Crippen molar-refractivity contribution in [2.75, 3.05) is 12.4 Å². The fraction of sp³-hybridized carbons (Fsp3) is 0.200. The molecule has 3 aromatic rings. The Morgan fingerprint density at radius 1 is 0.968 bits per heavy atom. The Bertz CT molecular complexity index is 1050. The van der Waals surface area contributed by atoms with Crippen molar-refractivity contribution in [3.05, 3.63) is 95.6 Å². The fourth-order valence-electron chi connectivity index (χ4n) is 3.81. The van der Waals surface area contributed by atoms with Crippen LogP contribution >= 0.6 is 11.8 Å². The van der Waals surface area contributed by atoms with Gasteiger partial charge in [-0.2, -0.15) is 16.8 Å². The summed E-state index contributed by atoms with van der Waals surface area (Å²) in [5.41, 5.74) is 5.82. The number of hydrogen-bond acceptors (Lipinski definition) is 5. The van der Waals surface area contributed by atoms with E-state index in [2.05, 4.69) is 34.6 Å². The summed E-state index contributed by atoms with van der Waals surface area (Å²) in [6.45, 7) is 0.217. The number of isocyanates is 1. The molecule has 1 atom stereocenters. The first kappa shape index (κ1) is 20.9. The summed E-state index contributed by atoms with van der Waals surface area (Å²) in [7, 11) is 0. The summed E-state index contributed by atoms with van der Waals surface area (Å²) in [6.07, 6.45) is 0.266. The molecule has 1 N–H and O–H groups in total. The van der Waals surface area contributed by atoms with E-state index in [4.69, 9.17) is 4.74 Å². The van der Waals surface area contributed by atoms with E-state index in [1.807, 2.05) is 54.6 Å². The quantitative estimate of drug-likeness (QED) is 0.398. The zero-order valence-corrected chi connectivity index (χ0v) is 17.7. The van der Waals surface area contributed by atoms with Crippen LogP contribution in [0.15, 0.2) is 83.9 Å². The number of amides is 1. The molecule has 31 heavy (non-hydrogen) atoms. The van der Waals surface area contributed by atoms with E-state index in [1.54, 1.807) is 11.8 Å². The SMILES string of the molecule is O=C=N[C@@H](CSCc1ccccc1)NC(=O)OCC1c2ccccc2-c2ccccc21. The minimum Gasteiger partial charge on any atom is -0.449 e. The Morgan fingerprint density at radius 3 is 2.23 bits per heavy atom. The van der Waals surface area contributed by atoms with Crippen LogP contribution in [0.1, 0.15) is 22.6 Å². The van der Waals surface area contributed by atoms with Crippen LogP contribution in [0.5, 0.6) is 0 Å². The second-order valence-corrected chi connectivity index (χ2v) is 8.24. The number of hydrogen-bond donors (Lipinski definition) is 1. The smallest absolute Gasteiger partial charge is 0.408 e. The van der Waals surface area contributed by atoms with Gasteiger partial charge >= 0.3 is 6.09 Å². The molecule has 0 saturated carbocycles. The normalized spacial score (nSPS) is 12.9. The van der Waals surface area contributed by atoms with E-state index >= 15 is 0 Å². The molecule has 1 aliphatic rings. The van der Waals surface area contributed by atoms with Gasteiger partial charge in [0.15, 0.2) is 0 Å². The Kier molecular flexibility index (Phi) is 6.82. The maximum Gasteiger partial charge on any atom is 0.408 e. The molecular formula is C25H22N2O3S. The fourth-order valence-corrected chi connectivity index (χ4v) is 4.74. The Labute approximate surface area is 185 Å². The van der Waals surface area contributed by atoms with Gasteiger partial charge in [0, 0.05) is 17.4 Å². The van der Waals surface area contributed by atoms with Gasteiger partial charge in [-0.05, 0) is 27.8 Å². The monoisotopic (exact) mass is 430 g/mol. The second kappa shape index (κ2) is 10.1. The van der Waals surface area contributed by atoms with Gasteiger partial charge in [0.05, 0.1) is 0 Å². The maximum absolute atomic E-state index is 12.4. The van der Waals surface area contributed by atoms with E-state index in [9.17, 15) is 9.59 Å². The molecule has 6 heteroatoms. The standard InChI is InChI=1S/C25H22N2O3S/c28-17-26-24(16-31-15-18-8-2-1-3-9-18)27-25(29)30-14-23-21-12-6-4-10-19(21)20-11-5-7-13-22(20)23/h1-13,23-24H,14-16H2,(H,27,29)/t24-/m1/s1. The highest BCUT2D eigenvalue weighted by molar-refractivity contribution is 7.98. The van der Waals surface area contributed by atoms with Crippen LogP contribution in [-0.2, 0) is 15.3 Å². The number of benzene rings is 3. The van der Waals surface area contributed by atoms with Crippen molar-refractivity contribution in [3.63, 3.8) is 0 Å². The third-order valence-electron chi connectivity index (χ3n) is 5.22. The molecule has 156 valence electrons. The van der Waals surface area contributed by atoms with Gasteiger partial charge in [-0.25, -0.2) is 9.59 Å². The molecule has 0 aromatic heterocycles. The number of aliphatic imine (C=N–C) groups is 1.